The minimum atomic E-state index is 0.922. The molecular weight excluding hydrogens is 372 g/mol. The zero-order valence-electron chi connectivity index (χ0n) is 16.2. The van der Waals surface area contributed by atoms with Gasteiger partial charge in [0.2, 0.25) is 0 Å². The summed E-state index contributed by atoms with van der Waals surface area (Å²) >= 11 is 3.68. The second-order valence-corrected chi connectivity index (χ2v) is 8.78. The molecule has 0 fully saturated rings. The normalized spacial score (nSPS) is 11.1. The van der Waals surface area contributed by atoms with Crippen LogP contribution < -0.4 is 9.88 Å². The molecule has 0 radical (unpaired) electrons. The van der Waals surface area contributed by atoms with Crippen LogP contribution in [-0.4, -0.2) is 36.3 Å². The summed E-state index contributed by atoms with van der Waals surface area (Å²) < 4.78 is 2.13. The molecule has 27 heavy (non-hydrogen) atoms. The van der Waals surface area contributed by atoms with E-state index in [0.29, 0.717) is 0 Å². The Morgan fingerprint density at radius 3 is 2.74 bits per heavy atom. The van der Waals surface area contributed by atoms with Gasteiger partial charge < -0.3 is 4.90 Å². The van der Waals surface area contributed by atoms with Crippen molar-refractivity contribution in [2.24, 2.45) is 7.05 Å². The molecule has 3 aromatic rings. The van der Waals surface area contributed by atoms with E-state index in [1.807, 2.05) is 11.8 Å². The molecule has 3 rings (SSSR count). The summed E-state index contributed by atoms with van der Waals surface area (Å²) in [6, 6.07) is 14.9. The van der Waals surface area contributed by atoms with Gasteiger partial charge in [0.25, 0.3) is 5.82 Å². The smallest absolute Gasteiger partial charge is 0.274 e. The van der Waals surface area contributed by atoms with Crippen LogP contribution in [0.15, 0.2) is 54.0 Å². The van der Waals surface area contributed by atoms with Crippen molar-refractivity contribution in [3.05, 3.63) is 64.7 Å². The van der Waals surface area contributed by atoms with Gasteiger partial charge in [-0.3, -0.25) is 5.32 Å². The fourth-order valence-electron chi connectivity index (χ4n) is 2.74. The number of hydrogen-bond donors (Lipinski definition) is 1. The van der Waals surface area contributed by atoms with Crippen LogP contribution in [0.25, 0.3) is 11.1 Å². The Labute approximate surface area is 170 Å². The lowest BCUT2D eigenvalue weighted by molar-refractivity contribution is -0.657. The molecular formula is C21H27N4S2+. The second kappa shape index (κ2) is 9.88. The number of benzene rings is 1. The van der Waals surface area contributed by atoms with Crippen LogP contribution in [0.4, 0.5) is 5.82 Å². The van der Waals surface area contributed by atoms with Gasteiger partial charge in [-0.05, 0) is 31.3 Å². The maximum absolute atomic E-state index is 4.70. The lowest BCUT2D eigenvalue weighted by Crippen LogP contribution is -2.32. The Bertz CT molecular complexity index is 846. The number of hydrogen-bond acceptors (Lipinski definition) is 5. The highest BCUT2D eigenvalue weighted by Gasteiger charge is 2.08. The van der Waals surface area contributed by atoms with Gasteiger partial charge in [-0.2, -0.15) is 11.8 Å². The summed E-state index contributed by atoms with van der Waals surface area (Å²) in [5.41, 5.74) is 3.67. The number of aryl methyl sites for hydroxylation is 1. The third-order valence-electron chi connectivity index (χ3n) is 4.11. The van der Waals surface area contributed by atoms with Crippen molar-refractivity contribution in [2.45, 2.75) is 12.3 Å². The standard InChI is InChI=1S/C21H26N4S2/c1-24(2)14-21-23-19(16-27-21)15-26-12-10-22-20-13-18(9-11-25(20)3)17-7-5-4-6-8-17/h4-9,11,13,16H,10,12,14-15H2,1-3H3/p+1. The Morgan fingerprint density at radius 1 is 1.15 bits per heavy atom. The van der Waals surface area contributed by atoms with Crippen LogP contribution in [0.3, 0.4) is 0 Å². The molecule has 0 aliphatic carbocycles. The van der Waals surface area contributed by atoms with Gasteiger partial charge in [-0.25, -0.2) is 9.55 Å². The minimum Gasteiger partial charge on any atom is -0.303 e. The number of aromatic nitrogens is 2. The molecule has 0 saturated carbocycles. The molecule has 1 N–H and O–H groups in total. The number of nitrogens with zero attached hydrogens (tertiary/aromatic N) is 3. The van der Waals surface area contributed by atoms with Crippen LogP contribution in [0.2, 0.25) is 0 Å². The number of anilines is 1. The van der Waals surface area contributed by atoms with Gasteiger partial charge in [-0.15, -0.1) is 11.3 Å². The number of thiazole rings is 1. The van der Waals surface area contributed by atoms with Crippen molar-refractivity contribution in [1.29, 1.82) is 0 Å². The van der Waals surface area contributed by atoms with E-state index in [1.165, 1.54) is 21.8 Å². The topological polar surface area (TPSA) is 32.0 Å². The van der Waals surface area contributed by atoms with Gasteiger partial charge >= 0.3 is 0 Å². The summed E-state index contributed by atoms with van der Waals surface area (Å²) in [4.78, 5) is 6.85. The monoisotopic (exact) mass is 399 g/mol. The van der Waals surface area contributed by atoms with Crippen molar-refractivity contribution in [3.8, 4) is 11.1 Å². The van der Waals surface area contributed by atoms with Crippen molar-refractivity contribution >= 4 is 28.9 Å². The van der Waals surface area contributed by atoms with Crippen LogP contribution in [0.1, 0.15) is 10.7 Å². The first-order valence-corrected chi connectivity index (χ1v) is 11.1. The zero-order valence-corrected chi connectivity index (χ0v) is 17.8. The SMILES string of the molecule is CN(C)Cc1nc(CSCCNc2cc(-c3ccccc3)cc[n+]2C)cs1. The molecule has 0 atom stereocenters. The maximum atomic E-state index is 4.70. The highest BCUT2D eigenvalue weighted by Crippen LogP contribution is 2.20. The first-order chi connectivity index (χ1) is 13.1. The fraction of sp³-hybridized carbons (Fsp3) is 0.333. The molecule has 1 aromatic carbocycles. The van der Waals surface area contributed by atoms with Crippen molar-refractivity contribution in [1.82, 2.24) is 9.88 Å². The Balaban J connectivity index is 1.47. The minimum absolute atomic E-state index is 0.922. The van der Waals surface area contributed by atoms with Crippen molar-refractivity contribution in [2.75, 3.05) is 31.7 Å². The number of rotatable bonds is 9. The second-order valence-electron chi connectivity index (χ2n) is 6.73. The molecule has 0 bridgehead atoms. The van der Waals surface area contributed by atoms with E-state index in [0.717, 1.165) is 30.4 Å². The average molecular weight is 400 g/mol. The van der Waals surface area contributed by atoms with E-state index in [1.54, 1.807) is 11.3 Å². The molecule has 4 nitrogen and oxygen atoms in total. The van der Waals surface area contributed by atoms with E-state index in [-0.39, 0.29) is 0 Å². The summed E-state index contributed by atoms with van der Waals surface area (Å²) in [6.07, 6.45) is 2.11. The molecule has 0 spiro atoms. The largest absolute Gasteiger partial charge is 0.303 e. The average Bonchev–Trinajstić information content (AvgIpc) is 3.10. The molecule has 2 heterocycles. The van der Waals surface area contributed by atoms with Crippen LogP contribution in [0.5, 0.6) is 0 Å². The lowest BCUT2D eigenvalue weighted by Gasteiger charge is -2.06. The molecule has 142 valence electrons. The summed E-state index contributed by atoms with van der Waals surface area (Å²) in [6.45, 7) is 1.86. The van der Waals surface area contributed by atoms with E-state index in [9.17, 15) is 0 Å². The van der Waals surface area contributed by atoms with Crippen molar-refractivity contribution in [3.63, 3.8) is 0 Å². The fourth-order valence-corrected chi connectivity index (χ4v) is 4.51. The predicted octanol–water partition coefficient (Wildman–Crippen LogP) is 4.04. The maximum Gasteiger partial charge on any atom is 0.274 e. The van der Waals surface area contributed by atoms with E-state index < -0.39 is 0 Å². The van der Waals surface area contributed by atoms with Gasteiger partial charge in [0, 0.05) is 29.5 Å². The number of nitrogens with one attached hydrogen (secondary N) is 1. The van der Waals surface area contributed by atoms with Crippen LogP contribution in [0, 0.1) is 0 Å². The van der Waals surface area contributed by atoms with E-state index in [4.69, 9.17) is 4.98 Å². The quantitative estimate of drug-likeness (QED) is 0.435. The predicted molar refractivity (Wildman–Crippen MR) is 117 cm³/mol. The van der Waals surface area contributed by atoms with E-state index in [2.05, 4.69) is 90.0 Å². The molecule has 0 aliphatic rings. The Kier molecular flexibility index (Phi) is 7.26. The molecule has 2 aromatic heterocycles. The molecule has 0 aliphatic heterocycles. The van der Waals surface area contributed by atoms with Gasteiger partial charge in [0.05, 0.1) is 25.5 Å². The lowest BCUT2D eigenvalue weighted by atomic mass is 10.1. The molecule has 0 unspecified atom stereocenters. The number of thioether (sulfide) groups is 1. The van der Waals surface area contributed by atoms with Gasteiger partial charge in [-0.1, -0.05) is 30.3 Å². The number of pyridine rings is 1. The van der Waals surface area contributed by atoms with Crippen LogP contribution in [-0.2, 0) is 19.3 Å². The third-order valence-corrected chi connectivity index (χ3v) is 5.99. The van der Waals surface area contributed by atoms with Gasteiger partial charge in [0.1, 0.15) is 5.01 Å². The summed E-state index contributed by atoms with van der Waals surface area (Å²) in [5, 5.41) is 6.93. The van der Waals surface area contributed by atoms with Gasteiger partial charge in [0.15, 0.2) is 0 Å². The summed E-state index contributed by atoms with van der Waals surface area (Å²) in [7, 11) is 6.23. The third kappa shape index (κ3) is 6.06. The zero-order chi connectivity index (χ0) is 19.1. The van der Waals surface area contributed by atoms with Crippen molar-refractivity contribution < 1.29 is 4.57 Å². The van der Waals surface area contributed by atoms with E-state index >= 15 is 0 Å². The highest BCUT2D eigenvalue weighted by molar-refractivity contribution is 7.98. The molecule has 6 heteroatoms. The Morgan fingerprint density at radius 2 is 1.96 bits per heavy atom. The molecule has 0 amide bonds. The first kappa shape index (κ1) is 19.9. The molecule has 0 saturated heterocycles. The first-order valence-electron chi connectivity index (χ1n) is 9.06. The summed E-state index contributed by atoms with van der Waals surface area (Å²) in [5.74, 6) is 3.16. The highest BCUT2D eigenvalue weighted by atomic mass is 32.2. The van der Waals surface area contributed by atoms with Crippen LogP contribution >= 0.6 is 23.1 Å². The Hall–Kier alpha value is -1.89.